The molecule has 1 aromatic heterocycles. The summed E-state index contributed by atoms with van der Waals surface area (Å²) in [5, 5.41) is 10.2. The number of hydroxylamine groups is 1. The third-order valence-electron chi connectivity index (χ3n) is 5.24. The predicted molar refractivity (Wildman–Crippen MR) is 144 cm³/mol. The number of hydrogen-bond acceptors (Lipinski definition) is 7. The fraction of sp³-hybridized carbons (Fsp3) is 0.115. The maximum atomic E-state index is 12.6. The van der Waals surface area contributed by atoms with Crippen molar-refractivity contribution in [2.24, 2.45) is 0 Å². The van der Waals surface area contributed by atoms with Gasteiger partial charge in [0.05, 0.1) is 9.79 Å². The van der Waals surface area contributed by atoms with Gasteiger partial charge in [-0.3, -0.25) is 14.6 Å². The van der Waals surface area contributed by atoms with Crippen LogP contribution in [0.2, 0.25) is 0 Å². The number of benzene rings is 3. The number of nitrogens with zero attached hydrogens (tertiary/aromatic N) is 2. The van der Waals surface area contributed by atoms with Crippen molar-refractivity contribution in [3.63, 3.8) is 0 Å². The van der Waals surface area contributed by atoms with Gasteiger partial charge in [0, 0.05) is 25.0 Å². The molecule has 0 aliphatic heterocycles. The van der Waals surface area contributed by atoms with Gasteiger partial charge < -0.3 is 4.90 Å². The Balaban J connectivity index is 0.000000241. The number of fused-ring (bicyclic) bond motifs is 1. The van der Waals surface area contributed by atoms with Crippen LogP contribution in [0, 0.1) is 0 Å². The molecular formula is C26H27N3O7S2. The van der Waals surface area contributed by atoms with Crippen molar-refractivity contribution < 1.29 is 31.4 Å². The minimum atomic E-state index is -4.09. The van der Waals surface area contributed by atoms with Gasteiger partial charge >= 0.3 is 0 Å². The molecule has 12 heteroatoms. The van der Waals surface area contributed by atoms with E-state index in [0.717, 1.165) is 32.9 Å². The van der Waals surface area contributed by atoms with E-state index in [0.29, 0.717) is 5.56 Å². The molecule has 0 fully saturated rings. The molecule has 4 rings (SSSR count). The molecule has 0 bridgehead atoms. The van der Waals surface area contributed by atoms with Gasteiger partial charge in [-0.15, -0.1) is 0 Å². The summed E-state index contributed by atoms with van der Waals surface area (Å²) >= 11 is 0. The zero-order valence-corrected chi connectivity index (χ0v) is 22.2. The fourth-order valence-corrected chi connectivity index (χ4v) is 5.15. The van der Waals surface area contributed by atoms with Crippen LogP contribution in [0.15, 0.2) is 101 Å². The average Bonchev–Trinajstić information content (AvgIpc) is 3.37. The van der Waals surface area contributed by atoms with Crippen LogP contribution in [0.5, 0.6) is 0 Å². The van der Waals surface area contributed by atoms with Crippen molar-refractivity contribution in [2.45, 2.75) is 16.3 Å². The van der Waals surface area contributed by atoms with Crippen LogP contribution in [0.1, 0.15) is 11.1 Å². The van der Waals surface area contributed by atoms with E-state index in [4.69, 9.17) is 9.76 Å². The quantitative estimate of drug-likeness (QED) is 0.136. The van der Waals surface area contributed by atoms with Gasteiger partial charge in [0.15, 0.2) is 0 Å². The van der Waals surface area contributed by atoms with Crippen molar-refractivity contribution in [1.29, 1.82) is 0 Å². The van der Waals surface area contributed by atoms with Crippen LogP contribution in [0.25, 0.3) is 16.8 Å². The van der Waals surface area contributed by atoms with E-state index in [-0.39, 0.29) is 9.79 Å². The summed E-state index contributed by atoms with van der Waals surface area (Å²) in [7, 11) is -3.90. The molecule has 1 heterocycles. The standard InChI is InChI=1S/C16H19N3O4S.C10H8O3S/c1-18(2)11-13-3-6-15(7-4-13)24(22,23)19-10-9-14(12-19)5-8-16(20)17-21;11-14(12,13)10-6-5-8-3-1-2-4-9(8)7-10/h3-10,12,21H,11H2,1-2H3,(H,17,20);1-7H,(H,11,12,13)/b8-5+;. The van der Waals surface area contributed by atoms with Gasteiger partial charge in [-0.25, -0.2) is 17.9 Å². The average molecular weight is 558 g/mol. The van der Waals surface area contributed by atoms with Gasteiger partial charge in [0.25, 0.3) is 26.0 Å². The van der Waals surface area contributed by atoms with E-state index >= 15 is 0 Å². The number of hydrogen-bond donors (Lipinski definition) is 3. The molecule has 4 aromatic rings. The van der Waals surface area contributed by atoms with Crippen LogP contribution in [0.3, 0.4) is 0 Å². The van der Waals surface area contributed by atoms with Crippen LogP contribution in [0.4, 0.5) is 0 Å². The molecule has 0 aliphatic carbocycles. The van der Waals surface area contributed by atoms with Crippen LogP contribution < -0.4 is 5.48 Å². The monoisotopic (exact) mass is 557 g/mol. The Hall–Kier alpha value is -3.81. The molecule has 200 valence electrons. The van der Waals surface area contributed by atoms with E-state index in [2.05, 4.69) is 0 Å². The summed E-state index contributed by atoms with van der Waals surface area (Å²) in [6.07, 6.45) is 5.30. The third-order valence-corrected chi connectivity index (χ3v) is 7.74. The normalized spacial score (nSPS) is 11.9. The number of aromatic nitrogens is 1. The van der Waals surface area contributed by atoms with Crippen molar-refractivity contribution in [3.05, 3.63) is 102 Å². The summed E-state index contributed by atoms with van der Waals surface area (Å²) in [4.78, 5) is 13.1. The lowest BCUT2D eigenvalue weighted by Crippen LogP contribution is -2.14. The predicted octanol–water partition coefficient (Wildman–Crippen LogP) is 3.39. The Morgan fingerprint density at radius 1 is 0.921 bits per heavy atom. The zero-order valence-electron chi connectivity index (χ0n) is 20.6. The molecule has 0 saturated carbocycles. The highest BCUT2D eigenvalue weighted by Gasteiger charge is 2.16. The molecule has 38 heavy (non-hydrogen) atoms. The lowest BCUT2D eigenvalue weighted by molar-refractivity contribution is -0.124. The Morgan fingerprint density at radius 3 is 2.16 bits per heavy atom. The Morgan fingerprint density at radius 2 is 1.55 bits per heavy atom. The highest BCUT2D eigenvalue weighted by molar-refractivity contribution is 7.90. The maximum absolute atomic E-state index is 12.6. The summed E-state index contributed by atoms with van der Waals surface area (Å²) in [5.74, 6) is -0.693. The second-order valence-corrected chi connectivity index (χ2v) is 11.7. The topological polar surface area (TPSA) is 146 Å². The molecular weight excluding hydrogens is 530 g/mol. The highest BCUT2D eigenvalue weighted by Crippen LogP contribution is 2.19. The Kier molecular flexibility index (Phi) is 9.20. The minimum absolute atomic E-state index is 0.0730. The molecule has 0 unspecified atom stereocenters. The van der Waals surface area contributed by atoms with Crippen LogP contribution >= 0.6 is 0 Å². The number of nitrogens with one attached hydrogen (secondary N) is 1. The zero-order chi connectivity index (χ0) is 27.9. The SMILES string of the molecule is CN(C)Cc1ccc(S(=O)(=O)n2ccc(/C=C/C(=O)NO)c2)cc1.O=S(=O)(O)c1ccc2ccccc2c1. The molecule has 10 nitrogen and oxygen atoms in total. The molecule has 3 N–H and O–H groups in total. The minimum Gasteiger partial charge on any atom is -0.305 e. The number of amides is 1. The van der Waals surface area contributed by atoms with E-state index in [1.54, 1.807) is 42.5 Å². The first-order chi connectivity index (χ1) is 17.9. The second-order valence-electron chi connectivity index (χ2n) is 8.45. The summed E-state index contributed by atoms with van der Waals surface area (Å²) in [5.41, 5.74) is 3.00. The van der Waals surface area contributed by atoms with Crippen molar-refractivity contribution in [1.82, 2.24) is 14.4 Å². The first kappa shape index (κ1) is 28.8. The number of carbonyl (C=O) groups is 1. The third kappa shape index (κ3) is 7.60. The van der Waals surface area contributed by atoms with Gasteiger partial charge in [0.2, 0.25) is 0 Å². The van der Waals surface area contributed by atoms with Crippen molar-refractivity contribution in [2.75, 3.05) is 14.1 Å². The van der Waals surface area contributed by atoms with Gasteiger partial charge in [-0.05, 0) is 72.4 Å². The van der Waals surface area contributed by atoms with E-state index in [1.807, 2.05) is 37.2 Å². The van der Waals surface area contributed by atoms with Crippen molar-refractivity contribution in [3.8, 4) is 0 Å². The molecule has 3 aromatic carbocycles. The first-order valence-corrected chi connectivity index (χ1v) is 14.0. The second kappa shape index (κ2) is 12.2. The van der Waals surface area contributed by atoms with Crippen LogP contribution in [-0.2, 0) is 31.5 Å². The molecule has 0 spiro atoms. The summed E-state index contributed by atoms with van der Waals surface area (Å²) in [6, 6.07) is 20.1. The smallest absolute Gasteiger partial charge is 0.294 e. The molecule has 0 aliphatic rings. The summed E-state index contributed by atoms with van der Waals surface area (Å²) < 4.78 is 56.7. The van der Waals surface area contributed by atoms with Gasteiger partial charge in [-0.1, -0.05) is 42.5 Å². The molecule has 1 amide bonds. The highest BCUT2D eigenvalue weighted by atomic mass is 32.2. The molecule has 0 saturated heterocycles. The number of carbonyl (C=O) groups excluding carboxylic acids is 1. The summed E-state index contributed by atoms with van der Waals surface area (Å²) in [6.45, 7) is 0.728. The fourth-order valence-electron chi connectivity index (χ4n) is 3.43. The lowest BCUT2D eigenvalue weighted by atomic mass is 10.1. The largest absolute Gasteiger partial charge is 0.305 e. The van der Waals surface area contributed by atoms with Crippen molar-refractivity contribution >= 4 is 42.9 Å². The Bertz CT molecular complexity index is 1660. The van der Waals surface area contributed by atoms with E-state index in [1.165, 1.54) is 36.1 Å². The van der Waals surface area contributed by atoms with Crippen LogP contribution in [-0.4, -0.2) is 55.5 Å². The van der Waals surface area contributed by atoms with Gasteiger partial charge in [0.1, 0.15) is 0 Å². The lowest BCUT2D eigenvalue weighted by Gasteiger charge is -2.10. The maximum Gasteiger partial charge on any atom is 0.294 e. The molecule has 0 atom stereocenters. The van der Waals surface area contributed by atoms with Gasteiger partial charge in [-0.2, -0.15) is 8.42 Å². The van der Waals surface area contributed by atoms with E-state index < -0.39 is 26.0 Å². The molecule has 0 radical (unpaired) electrons. The number of rotatable bonds is 7. The van der Waals surface area contributed by atoms with E-state index in [9.17, 15) is 21.6 Å². The first-order valence-electron chi connectivity index (χ1n) is 11.2. The Labute approximate surface area is 221 Å².